The second-order valence-corrected chi connectivity index (χ2v) is 5.46. The average molecular weight is 295 g/mol. The Bertz CT molecular complexity index is 467. The van der Waals surface area contributed by atoms with Crippen LogP contribution in [0, 0.1) is 11.7 Å². The molecular weight excluding hydrogens is 273 g/mol. The standard InChI is InChI=1S/C16H22FNO3/c17-13-5-3-6-14(10-13)21-9-8-16(20)18-15-7-2-1-4-12(15)11-19/h3,5-6,10,12,15,19H,1-2,4,7-9,11H2,(H,18,20). The number of hydrogen-bond acceptors (Lipinski definition) is 3. The lowest BCUT2D eigenvalue weighted by molar-refractivity contribution is -0.123. The normalized spacial score (nSPS) is 21.8. The van der Waals surface area contributed by atoms with Gasteiger partial charge in [-0.25, -0.2) is 4.39 Å². The lowest BCUT2D eigenvalue weighted by atomic mass is 9.85. The van der Waals surface area contributed by atoms with E-state index >= 15 is 0 Å². The van der Waals surface area contributed by atoms with Crippen molar-refractivity contribution in [3.8, 4) is 5.75 Å². The van der Waals surface area contributed by atoms with Crippen LogP contribution in [-0.4, -0.2) is 30.3 Å². The predicted octanol–water partition coefficient (Wildman–Crippen LogP) is 2.26. The zero-order valence-electron chi connectivity index (χ0n) is 12.1. The molecule has 0 radical (unpaired) electrons. The van der Waals surface area contributed by atoms with Gasteiger partial charge in [0.1, 0.15) is 11.6 Å². The third-order valence-corrected chi connectivity index (χ3v) is 3.88. The first-order chi connectivity index (χ1) is 10.2. The monoisotopic (exact) mass is 295 g/mol. The quantitative estimate of drug-likeness (QED) is 0.846. The molecule has 0 spiro atoms. The molecule has 0 saturated heterocycles. The Morgan fingerprint density at radius 2 is 2.19 bits per heavy atom. The maximum absolute atomic E-state index is 13.0. The molecule has 1 fully saturated rings. The van der Waals surface area contributed by atoms with Gasteiger partial charge in [0.15, 0.2) is 0 Å². The SMILES string of the molecule is O=C(CCOc1cccc(F)c1)NC1CCCCC1CO. The van der Waals surface area contributed by atoms with Gasteiger partial charge in [0, 0.05) is 24.6 Å². The topological polar surface area (TPSA) is 58.6 Å². The highest BCUT2D eigenvalue weighted by Gasteiger charge is 2.25. The van der Waals surface area contributed by atoms with E-state index < -0.39 is 0 Å². The van der Waals surface area contributed by atoms with Crippen molar-refractivity contribution in [2.24, 2.45) is 5.92 Å². The third kappa shape index (κ3) is 5.01. The minimum atomic E-state index is -0.357. The number of aliphatic hydroxyl groups excluding tert-OH is 1. The maximum atomic E-state index is 13.0. The van der Waals surface area contributed by atoms with E-state index in [1.807, 2.05) is 0 Å². The Morgan fingerprint density at radius 1 is 1.38 bits per heavy atom. The molecule has 2 atom stereocenters. The molecule has 0 aromatic heterocycles. The minimum Gasteiger partial charge on any atom is -0.493 e. The number of ether oxygens (including phenoxy) is 1. The van der Waals surface area contributed by atoms with E-state index in [1.54, 1.807) is 12.1 Å². The van der Waals surface area contributed by atoms with E-state index in [4.69, 9.17) is 4.74 Å². The van der Waals surface area contributed by atoms with Crippen LogP contribution in [0.4, 0.5) is 4.39 Å². The summed E-state index contributed by atoms with van der Waals surface area (Å²) in [6.07, 6.45) is 4.30. The van der Waals surface area contributed by atoms with Crippen molar-refractivity contribution in [3.63, 3.8) is 0 Å². The summed E-state index contributed by atoms with van der Waals surface area (Å²) >= 11 is 0. The van der Waals surface area contributed by atoms with Gasteiger partial charge in [-0.15, -0.1) is 0 Å². The highest BCUT2D eigenvalue weighted by molar-refractivity contribution is 5.76. The number of halogens is 1. The predicted molar refractivity (Wildman–Crippen MR) is 77.5 cm³/mol. The van der Waals surface area contributed by atoms with Crippen molar-refractivity contribution < 1.29 is 19.0 Å². The molecule has 2 unspecified atom stereocenters. The van der Waals surface area contributed by atoms with E-state index in [1.165, 1.54) is 12.1 Å². The fourth-order valence-electron chi connectivity index (χ4n) is 2.71. The fourth-order valence-corrected chi connectivity index (χ4v) is 2.71. The Morgan fingerprint density at radius 3 is 2.95 bits per heavy atom. The van der Waals surface area contributed by atoms with Gasteiger partial charge < -0.3 is 15.2 Å². The van der Waals surface area contributed by atoms with Crippen molar-refractivity contribution in [3.05, 3.63) is 30.1 Å². The van der Waals surface area contributed by atoms with Crippen LogP contribution in [0.1, 0.15) is 32.1 Å². The smallest absolute Gasteiger partial charge is 0.223 e. The van der Waals surface area contributed by atoms with Crippen molar-refractivity contribution >= 4 is 5.91 Å². The molecule has 1 amide bonds. The molecular formula is C16H22FNO3. The number of hydrogen-bond donors (Lipinski definition) is 2. The van der Waals surface area contributed by atoms with E-state index in [0.29, 0.717) is 5.75 Å². The molecule has 1 saturated carbocycles. The molecule has 1 aliphatic rings. The zero-order valence-corrected chi connectivity index (χ0v) is 12.1. The van der Waals surface area contributed by atoms with Crippen molar-refractivity contribution in [1.82, 2.24) is 5.32 Å². The third-order valence-electron chi connectivity index (χ3n) is 3.88. The van der Waals surface area contributed by atoms with Crippen molar-refractivity contribution in [1.29, 1.82) is 0 Å². The van der Waals surface area contributed by atoms with Crippen LogP contribution in [0.3, 0.4) is 0 Å². The van der Waals surface area contributed by atoms with Gasteiger partial charge in [0.25, 0.3) is 0 Å². The summed E-state index contributed by atoms with van der Waals surface area (Å²) in [6, 6.07) is 5.92. The first-order valence-corrected chi connectivity index (χ1v) is 7.47. The van der Waals surface area contributed by atoms with Crippen LogP contribution in [0.2, 0.25) is 0 Å². The van der Waals surface area contributed by atoms with Crippen molar-refractivity contribution in [2.45, 2.75) is 38.1 Å². The van der Waals surface area contributed by atoms with Gasteiger partial charge in [0.05, 0.1) is 13.0 Å². The molecule has 0 aliphatic heterocycles. The molecule has 1 aromatic carbocycles. The Kier molecular flexibility index (Phi) is 5.99. The first-order valence-electron chi connectivity index (χ1n) is 7.47. The number of amides is 1. The van der Waals surface area contributed by atoms with Crippen molar-refractivity contribution in [2.75, 3.05) is 13.2 Å². The van der Waals surface area contributed by atoms with Gasteiger partial charge in [-0.2, -0.15) is 0 Å². The van der Waals surface area contributed by atoms with Crippen LogP contribution < -0.4 is 10.1 Å². The summed E-state index contributed by atoms with van der Waals surface area (Å²) in [4.78, 5) is 11.9. The first kappa shape index (κ1) is 15.8. The highest BCUT2D eigenvalue weighted by atomic mass is 19.1. The van der Waals surface area contributed by atoms with E-state index in [0.717, 1.165) is 25.7 Å². The summed E-state index contributed by atoms with van der Waals surface area (Å²) in [5.41, 5.74) is 0. The van der Waals surface area contributed by atoms with Crippen LogP contribution in [0.15, 0.2) is 24.3 Å². The Labute approximate surface area is 124 Å². The number of nitrogens with one attached hydrogen (secondary N) is 1. The van der Waals surface area contributed by atoms with Gasteiger partial charge in [-0.05, 0) is 25.0 Å². The van der Waals surface area contributed by atoms with Gasteiger partial charge in [-0.1, -0.05) is 18.9 Å². The van der Waals surface area contributed by atoms with Crippen LogP contribution >= 0.6 is 0 Å². The second-order valence-electron chi connectivity index (χ2n) is 5.46. The number of aliphatic hydroxyl groups is 1. The number of benzene rings is 1. The van der Waals surface area contributed by atoms with Crippen LogP contribution in [0.25, 0.3) is 0 Å². The van der Waals surface area contributed by atoms with E-state index in [2.05, 4.69) is 5.32 Å². The van der Waals surface area contributed by atoms with Gasteiger partial charge in [0.2, 0.25) is 5.91 Å². The van der Waals surface area contributed by atoms with Crippen LogP contribution in [-0.2, 0) is 4.79 Å². The molecule has 0 bridgehead atoms. The molecule has 5 heteroatoms. The maximum Gasteiger partial charge on any atom is 0.223 e. The van der Waals surface area contributed by atoms with Crippen LogP contribution in [0.5, 0.6) is 5.75 Å². The van der Waals surface area contributed by atoms with Gasteiger partial charge in [-0.3, -0.25) is 4.79 Å². The lowest BCUT2D eigenvalue weighted by Gasteiger charge is -2.30. The molecule has 0 heterocycles. The molecule has 1 aromatic rings. The molecule has 2 rings (SSSR count). The molecule has 4 nitrogen and oxygen atoms in total. The number of carbonyl (C=O) groups excluding carboxylic acids is 1. The van der Waals surface area contributed by atoms with E-state index in [9.17, 15) is 14.3 Å². The summed E-state index contributed by atoms with van der Waals surface area (Å²) in [7, 11) is 0. The molecule has 116 valence electrons. The Hall–Kier alpha value is -1.62. The second kappa shape index (κ2) is 7.98. The highest BCUT2D eigenvalue weighted by Crippen LogP contribution is 2.24. The van der Waals surface area contributed by atoms with E-state index in [-0.39, 0.29) is 43.3 Å². The lowest BCUT2D eigenvalue weighted by Crippen LogP contribution is -2.43. The molecule has 1 aliphatic carbocycles. The molecule has 21 heavy (non-hydrogen) atoms. The zero-order chi connectivity index (χ0) is 15.1. The summed E-state index contributed by atoms with van der Waals surface area (Å²) in [5, 5.41) is 12.3. The fraction of sp³-hybridized carbons (Fsp3) is 0.562. The van der Waals surface area contributed by atoms with Gasteiger partial charge >= 0.3 is 0 Å². The Balaban J connectivity index is 1.72. The number of rotatable bonds is 6. The number of carbonyl (C=O) groups is 1. The summed E-state index contributed by atoms with van der Waals surface area (Å²) in [6.45, 7) is 0.330. The summed E-state index contributed by atoms with van der Waals surface area (Å²) < 4.78 is 18.3. The largest absolute Gasteiger partial charge is 0.493 e. The summed E-state index contributed by atoms with van der Waals surface area (Å²) in [5.74, 6) is 0.141. The minimum absolute atomic E-state index is 0.0606. The average Bonchev–Trinajstić information content (AvgIpc) is 2.48. The molecule has 2 N–H and O–H groups in total.